The van der Waals surface area contributed by atoms with Crippen LogP contribution in [0.3, 0.4) is 0 Å². The van der Waals surface area contributed by atoms with Gasteiger partial charge in [-0.05, 0) is 60.2 Å². The minimum Gasteiger partial charge on any atom is -0.493 e. The summed E-state index contributed by atoms with van der Waals surface area (Å²) in [6, 6.07) is 17.5. The highest BCUT2D eigenvalue weighted by atomic mass is 35.5. The lowest BCUT2D eigenvalue weighted by Crippen LogP contribution is -2.34. The largest absolute Gasteiger partial charge is 0.493 e. The fraction of sp³-hybridized carbons (Fsp3) is 0.0833. The Morgan fingerprint density at radius 3 is 2.41 bits per heavy atom. The van der Waals surface area contributed by atoms with E-state index in [-0.39, 0.29) is 28.6 Å². The number of nitrogens with one attached hydrogen (secondary N) is 2. The van der Waals surface area contributed by atoms with Crippen molar-refractivity contribution < 1.29 is 23.9 Å². The van der Waals surface area contributed by atoms with E-state index in [9.17, 15) is 14.4 Å². The molecule has 3 rings (SSSR count). The Hall–Kier alpha value is -3.88. The standard InChI is InChI=1S/C24H19Cl2N3O5/c1-33-21-12-15(6-11-20(21)34-24(32)18-4-2-3-5-19(18)26)13-28-29-22(30)14-27-23(31)16-7-9-17(25)10-8-16/h2-13H,14H2,1H3,(H,27,31)(H,29,30)/b28-13-. The molecule has 3 aromatic rings. The molecule has 0 fully saturated rings. The van der Waals surface area contributed by atoms with Crippen molar-refractivity contribution in [2.24, 2.45) is 5.10 Å². The van der Waals surface area contributed by atoms with Crippen LogP contribution >= 0.6 is 23.2 Å². The quantitative estimate of drug-likeness (QED) is 0.210. The van der Waals surface area contributed by atoms with Gasteiger partial charge in [0.1, 0.15) is 0 Å². The summed E-state index contributed by atoms with van der Waals surface area (Å²) in [6.07, 6.45) is 1.38. The maximum Gasteiger partial charge on any atom is 0.345 e. The van der Waals surface area contributed by atoms with Crippen LogP contribution in [-0.2, 0) is 4.79 Å². The van der Waals surface area contributed by atoms with E-state index in [0.717, 1.165) is 0 Å². The Morgan fingerprint density at radius 2 is 1.71 bits per heavy atom. The predicted molar refractivity (Wildman–Crippen MR) is 129 cm³/mol. The highest BCUT2D eigenvalue weighted by molar-refractivity contribution is 6.33. The molecule has 0 aliphatic heterocycles. The van der Waals surface area contributed by atoms with Crippen molar-refractivity contribution in [3.05, 3.63) is 93.5 Å². The van der Waals surface area contributed by atoms with Crippen LogP contribution in [0.25, 0.3) is 0 Å². The number of esters is 1. The second-order valence-electron chi connectivity index (χ2n) is 6.76. The summed E-state index contributed by atoms with van der Waals surface area (Å²) in [5.74, 6) is -1.08. The monoisotopic (exact) mass is 499 g/mol. The zero-order valence-electron chi connectivity index (χ0n) is 17.9. The summed E-state index contributed by atoms with van der Waals surface area (Å²) >= 11 is 11.8. The van der Waals surface area contributed by atoms with Gasteiger partial charge in [0.15, 0.2) is 11.5 Å². The minimum atomic E-state index is -0.627. The molecule has 8 nitrogen and oxygen atoms in total. The zero-order valence-corrected chi connectivity index (χ0v) is 19.4. The molecule has 0 bridgehead atoms. The van der Waals surface area contributed by atoms with E-state index in [4.69, 9.17) is 32.7 Å². The normalized spacial score (nSPS) is 10.6. The van der Waals surface area contributed by atoms with Crippen molar-refractivity contribution in [1.82, 2.24) is 10.7 Å². The highest BCUT2D eigenvalue weighted by Crippen LogP contribution is 2.29. The molecule has 0 atom stereocenters. The fourth-order valence-electron chi connectivity index (χ4n) is 2.71. The molecule has 0 aliphatic rings. The number of amides is 2. The fourth-order valence-corrected chi connectivity index (χ4v) is 3.05. The van der Waals surface area contributed by atoms with Crippen molar-refractivity contribution in [1.29, 1.82) is 0 Å². The topological polar surface area (TPSA) is 106 Å². The van der Waals surface area contributed by atoms with Crippen molar-refractivity contribution in [2.75, 3.05) is 13.7 Å². The maximum absolute atomic E-state index is 12.4. The first kappa shape index (κ1) is 24.8. The molecule has 34 heavy (non-hydrogen) atoms. The lowest BCUT2D eigenvalue weighted by Gasteiger charge is -2.10. The lowest BCUT2D eigenvalue weighted by molar-refractivity contribution is -0.120. The Balaban J connectivity index is 1.55. The van der Waals surface area contributed by atoms with E-state index >= 15 is 0 Å². The smallest absolute Gasteiger partial charge is 0.345 e. The van der Waals surface area contributed by atoms with Gasteiger partial charge in [-0.3, -0.25) is 9.59 Å². The highest BCUT2D eigenvalue weighted by Gasteiger charge is 2.15. The third-order valence-electron chi connectivity index (χ3n) is 4.40. The molecule has 0 saturated heterocycles. The van der Waals surface area contributed by atoms with Gasteiger partial charge in [0, 0.05) is 10.6 Å². The molecule has 0 spiro atoms. The van der Waals surface area contributed by atoms with Gasteiger partial charge in [0.2, 0.25) is 0 Å². The Labute approximate surface area is 205 Å². The summed E-state index contributed by atoms with van der Waals surface area (Å²) in [5, 5.41) is 7.12. The number of hydrazone groups is 1. The Bertz CT molecular complexity index is 1230. The van der Waals surface area contributed by atoms with E-state index in [1.54, 1.807) is 60.7 Å². The number of halogens is 2. The van der Waals surface area contributed by atoms with Gasteiger partial charge < -0.3 is 14.8 Å². The summed E-state index contributed by atoms with van der Waals surface area (Å²) in [6.45, 7) is -0.265. The summed E-state index contributed by atoms with van der Waals surface area (Å²) in [5.41, 5.74) is 3.48. The molecule has 3 aromatic carbocycles. The number of carbonyl (C=O) groups is 3. The first-order valence-corrected chi connectivity index (χ1v) is 10.6. The average Bonchev–Trinajstić information content (AvgIpc) is 2.84. The number of methoxy groups -OCH3 is 1. The average molecular weight is 500 g/mol. The van der Waals surface area contributed by atoms with E-state index in [1.807, 2.05) is 0 Å². The number of nitrogens with zero attached hydrogens (tertiary/aromatic N) is 1. The first-order chi connectivity index (χ1) is 16.4. The van der Waals surface area contributed by atoms with Crippen LogP contribution in [0.1, 0.15) is 26.3 Å². The molecule has 174 valence electrons. The molecule has 10 heteroatoms. The lowest BCUT2D eigenvalue weighted by atomic mass is 10.2. The number of hydrogen-bond acceptors (Lipinski definition) is 6. The first-order valence-electron chi connectivity index (χ1n) is 9.88. The van der Waals surface area contributed by atoms with Crippen molar-refractivity contribution in [3.63, 3.8) is 0 Å². The van der Waals surface area contributed by atoms with Gasteiger partial charge in [0.05, 0.1) is 30.5 Å². The summed E-state index contributed by atoms with van der Waals surface area (Å²) in [7, 11) is 1.42. The molecule has 0 radical (unpaired) electrons. The van der Waals surface area contributed by atoms with Crippen LogP contribution < -0.4 is 20.2 Å². The van der Waals surface area contributed by atoms with Gasteiger partial charge >= 0.3 is 5.97 Å². The molecule has 0 saturated carbocycles. The number of hydrogen-bond donors (Lipinski definition) is 2. The predicted octanol–water partition coefficient (Wildman–Crippen LogP) is 4.10. The molecule has 0 heterocycles. The van der Waals surface area contributed by atoms with Crippen LogP contribution in [0.5, 0.6) is 11.5 Å². The SMILES string of the molecule is COc1cc(/C=N\NC(=O)CNC(=O)c2ccc(Cl)cc2)ccc1OC(=O)c1ccccc1Cl. The summed E-state index contributed by atoms with van der Waals surface area (Å²) < 4.78 is 10.7. The molecule has 0 unspecified atom stereocenters. The number of rotatable bonds is 8. The molecule has 0 aromatic heterocycles. The second-order valence-corrected chi connectivity index (χ2v) is 7.61. The van der Waals surface area contributed by atoms with Crippen LogP contribution in [0, 0.1) is 0 Å². The van der Waals surface area contributed by atoms with Gasteiger partial charge in [-0.25, -0.2) is 10.2 Å². The van der Waals surface area contributed by atoms with Gasteiger partial charge in [-0.2, -0.15) is 5.10 Å². The number of ether oxygens (including phenoxy) is 2. The zero-order chi connectivity index (χ0) is 24.5. The van der Waals surface area contributed by atoms with Crippen LogP contribution in [0.2, 0.25) is 10.0 Å². The third kappa shape index (κ3) is 6.81. The molecule has 2 amide bonds. The molecule has 0 aliphatic carbocycles. The summed E-state index contributed by atoms with van der Waals surface area (Å²) in [4.78, 5) is 36.3. The van der Waals surface area contributed by atoms with Gasteiger partial charge in [0.25, 0.3) is 11.8 Å². The minimum absolute atomic E-state index is 0.193. The van der Waals surface area contributed by atoms with Gasteiger partial charge in [-0.1, -0.05) is 35.3 Å². The Kier molecular flexibility index (Phi) is 8.61. The molecular formula is C24H19Cl2N3O5. The number of benzene rings is 3. The second kappa shape index (κ2) is 11.8. The maximum atomic E-state index is 12.4. The van der Waals surface area contributed by atoms with E-state index in [1.165, 1.54) is 19.4 Å². The number of carbonyl (C=O) groups excluding carboxylic acids is 3. The van der Waals surface area contributed by atoms with Crippen molar-refractivity contribution in [2.45, 2.75) is 0 Å². The van der Waals surface area contributed by atoms with Crippen LogP contribution in [0.15, 0.2) is 71.8 Å². The van der Waals surface area contributed by atoms with Crippen molar-refractivity contribution in [3.8, 4) is 11.5 Å². The Morgan fingerprint density at radius 1 is 0.971 bits per heavy atom. The van der Waals surface area contributed by atoms with Gasteiger partial charge in [-0.15, -0.1) is 0 Å². The molecule has 2 N–H and O–H groups in total. The van der Waals surface area contributed by atoms with E-state index in [0.29, 0.717) is 16.1 Å². The third-order valence-corrected chi connectivity index (χ3v) is 4.98. The van der Waals surface area contributed by atoms with Crippen molar-refractivity contribution >= 4 is 47.2 Å². The van der Waals surface area contributed by atoms with E-state index in [2.05, 4.69) is 15.8 Å². The van der Waals surface area contributed by atoms with E-state index < -0.39 is 17.8 Å². The van der Waals surface area contributed by atoms with Crippen LogP contribution in [-0.4, -0.2) is 37.7 Å². The molecular weight excluding hydrogens is 481 g/mol. The van der Waals surface area contributed by atoms with Crippen LogP contribution in [0.4, 0.5) is 0 Å².